The molecule has 0 unspecified atom stereocenters. The molecule has 0 atom stereocenters. The van der Waals surface area contributed by atoms with Gasteiger partial charge in [-0.2, -0.15) is 0 Å². The van der Waals surface area contributed by atoms with Crippen molar-refractivity contribution in [2.24, 2.45) is 0 Å². The molecule has 1 aliphatic heterocycles. The summed E-state index contributed by atoms with van der Waals surface area (Å²) in [5.41, 5.74) is 3.03. The van der Waals surface area contributed by atoms with Crippen molar-refractivity contribution < 1.29 is 17.9 Å². The van der Waals surface area contributed by atoms with Gasteiger partial charge in [-0.3, -0.25) is 4.79 Å². The Bertz CT molecular complexity index is 840. The van der Waals surface area contributed by atoms with Crippen molar-refractivity contribution in [2.75, 3.05) is 12.9 Å². The van der Waals surface area contributed by atoms with Crippen LogP contribution in [0.5, 0.6) is 0 Å². The van der Waals surface area contributed by atoms with Crippen LogP contribution in [0, 0.1) is 0 Å². The second kappa shape index (κ2) is 6.17. The first-order valence-corrected chi connectivity index (χ1v) is 8.94. The first-order valence-electron chi connectivity index (χ1n) is 7.29. The molecule has 1 aromatic carbocycles. The molecular formula is C16H18N2O4S. The van der Waals surface area contributed by atoms with Gasteiger partial charge in [-0.1, -0.05) is 12.1 Å². The van der Waals surface area contributed by atoms with Gasteiger partial charge in [0.2, 0.25) is 0 Å². The lowest BCUT2D eigenvalue weighted by atomic mass is 10.1. The first kappa shape index (κ1) is 15.8. The normalized spacial score (nSPS) is 15.3. The van der Waals surface area contributed by atoms with Crippen LogP contribution < -0.4 is 5.32 Å². The van der Waals surface area contributed by atoms with Gasteiger partial charge in [-0.15, -0.1) is 0 Å². The number of hydrogen-bond donors (Lipinski definition) is 2. The van der Waals surface area contributed by atoms with Gasteiger partial charge >= 0.3 is 0 Å². The molecule has 7 heteroatoms. The number of nitrogens with one attached hydrogen (secondary N) is 2. The minimum atomic E-state index is -3.10. The van der Waals surface area contributed by atoms with E-state index in [1.807, 2.05) is 6.07 Å². The van der Waals surface area contributed by atoms with Crippen molar-refractivity contribution >= 4 is 15.7 Å². The lowest BCUT2D eigenvalue weighted by Gasteiger charge is -2.06. The van der Waals surface area contributed by atoms with Crippen LogP contribution in [0.15, 0.2) is 35.2 Å². The standard InChI is InChI=1S/C16H18N2O4S/c1-22-10-13-3-4-14(18-13)16(19)17-9-11-2-5-15-12(8-11)6-7-23(15,20)21/h2-5,8,18H,6-7,9-10H2,1H3,(H,17,19). The fourth-order valence-electron chi connectivity index (χ4n) is 2.69. The molecule has 1 amide bonds. The third-order valence-electron chi connectivity index (χ3n) is 3.84. The Balaban J connectivity index is 1.65. The van der Waals surface area contributed by atoms with E-state index in [1.165, 1.54) is 0 Å². The van der Waals surface area contributed by atoms with E-state index >= 15 is 0 Å². The third-order valence-corrected chi connectivity index (χ3v) is 5.65. The molecule has 0 saturated carbocycles. The zero-order valence-electron chi connectivity index (χ0n) is 12.8. The molecule has 0 radical (unpaired) electrons. The Morgan fingerprint density at radius 2 is 2.13 bits per heavy atom. The van der Waals surface area contributed by atoms with E-state index in [0.717, 1.165) is 16.8 Å². The number of carbonyl (C=O) groups excluding carboxylic acids is 1. The molecule has 1 aromatic heterocycles. The zero-order chi connectivity index (χ0) is 16.4. The minimum absolute atomic E-state index is 0.170. The Morgan fingerprint density at radius 3 is 2.91 bits per heavy atom. The molecule has 23 heavy (non-hydrogen) atoms. The van der Waals surface area contributed by atoms with Crippen LogP contribution in [-0.2, 0) is 34.1 Å². The van der Waals surface area contributed by atoms with Gasteiger partial charge < -0.3 is 15.0 Å². The maximum Gasteiger partial charge on any atom is 0.267 e. The van der Waals surface area contributed by atoms with Gasteiger partial charge in [0.05, 0.1) is 17.3 Å². The van der Waals surface area contributed by atoms with Gasteiger partial charge in [0.15, 0.2) is 9.84 Å². The number of aryl methyl sites for hydroxylation is 1. The van der Waals surface area contributed by atoms with E-state index < -0.39 is 9.84 Å². The van der Waals surface area contributed by atoms with E-state index in [9.17, 15) is 13.2 Å². The van der Waals surface area contributed by atoms with Gasteiger partial charge in [0, 0.05) is 19.3 Å². The van der Waals surface area contributed by atoms with Crippen LogP contribution >= 0.6 is 0 Å². The first-order chi connectivity index (χ1) is 11.0. The minimum Gasteiger partial charge on any atom is -0.378 e. The number of aromatic nitrogens is 1. The average Bonchev–Trinajstić information content (AvgIpc) is 3.10. The second-order valence-electron chi connectivity index (χ2n) is 5.52. The fraction of sp³-hybridized carbons (Fsp3) is 0.312. The van der Waals surface area contributed by atoms with E-state index in [2.05, 4.69) is 10.3 Å². The number of fused-ring (bicyclic) bond motifs is 1. The highest BCUT2D eigenvalue weighted by molar-refractivity contribution is 7.91. The van der Waals surface area contributed by atoms with Crippen LogP contribution in [0.25, 0.3) is 0 Å². The summed E-state index contributed by atoms with van der Waals surface area (Å²) in [6.45, 7) is 0.775. The van der Waals surface area contributed by atoms with Crippen LogP contribution in [-0.4, -0.2) is 32.2 Å². The van der Waals surface area contributed by atoms with Crippen LogP contribution in [0.4, 0.5) is 0 Å². The van der Waals surface area contributed by atoms with Crippen molar-refractivity contribution in [2.45, 2.75) is 24.5 Å². The Morgan fingerprint density at radius 1 is 1.30 bits per heavy atom. The molecule has 0 aliphatic carbocycles. The summed E-state index contributed by atoms with van der Waals surface area (Å²) < 4.78 is 28.6. The van der Waals surface area contributed by atoms with E-state index in [-0.39, 0.29) is 11.7 Å². The Hall–Kier alpha value is -2.12. The SMILES string of the molecule is COCc1ccc(C(=O)NCc2ccc3c(c2)CCS3(=O)=O)[nH]1. The van der Waals surface area contributed by atoms with E-state index in [0.29, 0.717) is 30.2 Å². The maximum atomic E-state index is 12.1. The summed E-state index contributed by atoms with van der Waals surface area (Å²) in [6.07, 6.45) is 0.538. The molecule has 2 aromatic rings. The average molecular weight is 334 g/mol. The van der Waals surface area contributed by atoms with Gasteiger partial charge in [-0.05, 0) is 35.7 Å². The Labute approximate surface area is 134 Å². The smallest absolute Gasteiger partial charge is 0.267 e. The highest BCUT2D eigenvalue weighted by Crippen LogP contribution is 2.26. The molecule has 0 bridgehead atoms. The van der Waals surface area contributed by atoms with Crippen molar-refractivity contribution in [1.29, 1.82) is 0 Å². The van der Waals surface area contributed by atoms with Gasteiger partial charge in [0.1, 0.15) is 5.69 Å². The number of H-pyrrole nitrogens is 1. The largest absolute Gasteiger partial charge is 0.378 e. The second-order valence-corrected chi connectivity index (χ2v) is 7.60. The number of hydrogen-bond acceptors (Lipinski definition) is 4. The summed E-state index contributed by atoms with van der Waals surface area (Å²) in [5, 5.41) is 2.82. The number of methoxy groups -OCH3 is 1. The highest BCUT2D eigenvalue weighted by atomic mass is 32.2. The lowest BCUT2D eigenvalue weighted by molar-refractivity contribution is 0.0946. The number of amides is 1. The zero-order valence-corrected chi connectivity index (χ0v) is 13.6. The molecule has 1 aliphatic rings. The molecule has 6 nitrogen and oxygen atoms in total. The number of sulfone groups is 1. The Kier molecular flexibility index (Phi) is 4.23. The molecule has 0 fully saturated rings. The van der Waals surface area contributed by atoms with Gasteiger partial charge in [0.25, 0.3) is 5.91 Å². The van der Waals surface area contributed by atoms with Crippen molar-refractivity contribution in [1.82, 2.24) is 10.3 Å². The molecule has 0 spiro atoms. The van der Waals surface area contributed by atoms with Crippen LogP contribution in [0.2, 0.25) is 0 Å². The number of rotatable bonds is 5. The fourth-order valence-corrected chi connectivity index (χ4v) is 4.23. The van der Waals surface area contributed by atoms with Crippen LogP contribution in [0.1, 0.15) is 27.3 Å². The summed E-state index contributed by atoms with van der Waals surface area (Å²) in [7, 11) is -1.51. The predicted octanol–water partition coefficient (Wildman–Crippen LogP) is 1.42. The highest BCUT2D eigenvalue weighted by Gasteiger charge is 2.25. The van der Waals surface area contributed by atoms with Gasteiger partial charge in [-0.25, -0.2) is 8.42 Å². The van der Waals surface area contributed by atoms with Crippen LogP contribution in [0.3, 0.4) is 0 Å². The molecule has 3 rings (SSSR count). The quantitative estimate of drug-likeness (QED) is 0.865. The molecule has 122 valence electrons. The maximum absolute atomic E-state index is 12.1. The monoisotopic (exact) mass is 334 g/mol. The predicted molar refractivity (Wildman–Crippen MR) is 84.9 cm³/mol. The third kappa shape index (κ3) is 3.30. The number of carbonyl (C=O) groups is 1. The molecule has 2 N–H and O–H groups in total. The van der Waals surface area contributed by atoms with Crippen molar-refractivity contribution in [3.8, 4) is 0 Å². The summed E-state index contributed by atoms with van der Waals surface area (Å²) in [5.74, 6) is -0.0384. The van der Waals surface area contributed by atoms with E-state index in [1.54, 1.807) is 31.4 Å². The number of ether oxygens (including phenoxy) is 1. The topological polar surface area (TPSA) is 88.3 Å². The van der Waals surface area contributed by atoms with E-state index in [4.69, 9.17) is 4.74 Å². The molecule has 0 saturated heterocycles. The number of benzene rings is 1. The number of aromatic amines is 1. The summed E-state index contributed by atoms with van der Waals surface area (Å²) in [6, 6.07) is 8.74. The molecular weight excluding hydrogens is 316 g/mol. The lowest BCUT2D eigenvalue weighted by Crippen LogP contribution is -2.23. The molecule has 2 heterocycles. The van der Waals surface area contributed by atoms with Crippen molar-refractivity contribution in [3.63, 3.8) is 0 Å². The van der Waals surface area contributed by atoms with Crippen molar-refractivity contribution in [3.05, 3.63) is 52.8 Å². The summed E-state index contributed by atoms with van der Waals surface area (Å²) in [4.78, 5) is 15.5. The summed E-state index contributed by atoms with van der Waals surface area (Å²) >= 11 is 0.